The quantitative estimate of drug-likeness (QED) is 0.386. The topological polar surface area (TPSA) is 64.0 Å². The molecule has 0 aliphatic heterocycles. The van der Waals surface area contributed by atoms with Crippen LogP contribution in [0.1, 0.15) is 31.3 Å². The van der Waals surface area contributed by atoms with Crippen molar-refractivity contribution in [1.29, 1.82) is 0 Å². The highest BCUT2D eigenvalue weighted by atomic mass is 32.2. The molecule has 9 heteroatoms. The van der Waals surface area contributed by atoms with Gasteiger partial charge in [-0.1, -0.05) is 42.5 Å². The molecule has 1 unspecified atom stereocenters. The number of alkyl halides is 3. The summed E-state index contributed by atoms with van der Waals surface area (Å²) in [5, 5.41) is 0. The molecule has 4 rings (SSSR count). The minimum atomic E-state index is -4.48. The molecule has 33 heavy (non-hydrogen) atoms. The van der Waals surface area contributed by atoms with Crippen molar-refractivity contribution in [3.63, 3.8) is 0 Å². The second kappa shape index (κ2) is 8.64. The van der Waals surface area contributed by atoms with Crippen molar-refractivity contribution in [2.24, 2.45) is 0 Å². The summed E-state index contributed by atoms with van der Waals surface area (Å²) < 4.78 is 69.6. The Balaban J connectivity index is 1.62. The summed E-state index contributed by atoms with van der Waals surface area (Å²) >= 11 is 0. The molecule has 1 heterocycles. The predicted molar refractivity (Wildman–Crippen MR) is 121 cm³/mol. The molecule has 4 aromatic rings. The van der Waals surface area contributed by atoms with E-state index in [0.29, 0.717) is 23.4 Å². The minimum absolute atomic E-state index is 0.0903. The third-order valence-corrected chi connectivity index (χ3v) is 6.97. The number of hydrogen-bond donors (Lipinski definition) is 1. The summed E-state index contributed by atoms with van der Waals surface area (Å²) in [5.41, 5.74) is 1.76. The van der Waals surface area contributed by atoms with Crippen molar-refractivity contribution in [3.8, 4) is 11.1 Å². The van der Waals surface area contributed by atoms with E-state index in [4.69, 9.17) is 0 Å². The Kier molecular flexibility index (Phi) is 6.02. The lowest BCUT2D eigenvalue weighted by molar-refractivity contribution is -0.137. The molecule has 1 aromatic heterocycles. The molecule has 0 fully saturated rings. The molecule has 0 saturated carbocycles. The molecule has 0 radical (unpaired) electrons. The molecule has 1 N–H and O–H groups in total. The standard InChI is InChI=1S/C24H22F3N3O2S/c1-3-30-22-15-19(24(25,26)27)11-14-21(22)28-23(30)16(2)29-33(31,32)20-12-9-18(10-13-20)17-7-5-4-6-8-17/h4-16,29H,3H2,1-2H3. The maximum atomic E-state index is 13.1. The van der Waals surface area contributed by atoms with E-state index in [1.54, 1.807) is 30.5 Å². The van der Waals surface area contributed by atoms with E-state index in [-0.39, 0.29) is 4.90 Å². The first kappa shape index (κ1) is 23.0. The molecule has 0 bridgehead atoms. The van der Waals surface area contributed by atoms with Crippen LogP contribution in [0.25, 0.3) is 22.2 Å². The first-order valence-electron chi connectivity index (χ1n) is 10.4. The van der Waals surface area contributed by atoms with Gasteiger partial charge in [-0.25, -0.2) is 18.1 Å². The van der Waals surface area contributed by atoms with E-state index in [1.807, 2.05) is 30.3 Å². The summed E-state index contributed by atoms with van der Waals surface area (Å²) in [5.74, 6) is 0.344. The van der Waals surface area contributed by atoms with Crippen molar-refractivity contribution in [2.75, 3.05) is 0 Å². The first-order valence-corrected chi connectivity index (χ1v) is 11.8. The molecule has 0 aliphatic carbocycles. The van der Waals surface area contributed by atoms with E-state index in [9.17, 15) is 21.6 Å². The van der Waals surface area contributed by atoms with E-state index in [2.05, 4.69) is 9.71 Å². The van der Waals surface area contributed by atoms with Gasteiger partial charge in [0.15, 0.2) is 0 Å². The van der Waals surface area contributed by atoms with Gasteiger partial charge in [0.2, 0.25) is 10.0 Å². The molecule has 5 nitrogen and oxygen atoms in total. The third kappa shape index (κ3) is 4.65. The number of fused-ring (bicyclic) bond motifs is 1. The smallest absolute Gasteiger partial charge is 0.327 e. The van der Waals surface area contributed by atoms with Crippen LogP contribution in [0.3, 0.4) is 0 Å². The van der Waals surface area contributed by atoms with Crippen LogP contribution in [0, 0.1) is 0 Å². The van der Waals surface area contributed by atoms with Gasteiger partial charge in [0.05, 0.1) is 27.5 Å². The number of hydrogen-bond acceptors (Lipinski definition) is 3. The van der Waals surface area contributed by atoms with Crippen LogP contribution >= 0.6 is 0 Å². The monoisotopic (exact) mass is 473 g/mol. The van der Waals surface area contributed by atoms with Crippen LogP contribution in [-0.2, 0) is 22.7 Å². The minimum Gasteiger partial charge on any atom is -0.327 e. The number of rotatable bonds is 6. The third-order valence-electron chi connectivity index (χ3n) is 5.41. The molecule has 0 amide bonds. The Bertz CT molecular complexity index is 1380. The van der Waals surface area contributed by atoms with E-state index < -0.39 is 27.8 Å². The lowest BCUT2D eigenvalue weighted by Crippen LogP contribution is -2.28. The van der Waals surface area contributed by atoms with Crippen LogP contribution in [0.2, 0.25) is 0 Å². The van der Waals surface area contributed by atoms with Crippen LogP contribution < -0.4 is 4.72 Å². The van der Waals surface area contributed by atoms with Gasteiger partial charge >= 0.3 is 6.18 Å². The summed E-state index contributed by atoms with van der Waals surface area (Å²) in [4.78, 5) is 4.50. The molecular formula is C24H22F3N3O2S. The van der Waals surface area contributed by atoms with Crippen molar-refractivity contribution in [3.05, 3.63) is 84.2 Å². The Morgan fingerprint density at radius 1 is 0.970 bits per heavy atom. The molecule has 0 spiro atoms. The Morgan fingerprint density at radius 2 is 1.61 bits per heavy atom. The number of aryl methyl sites for hydroxylation is 1. The van der Waals surface area contributed by atoms with Crippen molar-refractivity contribution >= 4 is 21.1 Å². The van der Waals surface area contributed by atoms with Gasteiger partial charge in [-0.15, -0.1) is 0 Å². The lowest BCUT2D eigenvalue weighted by Gasteiger charge is -2.16. The fraction of sp³-hybridized carbons (Fsp3) is 0.208. The van der Waals surface area contributed by atoms with Crippen LogP contribution in [-0.4, -0.2) is 18.0 Å². The number of benzene rings is 3. The van der Waals surface area contributed by atoms with Crippen molar-refractivity contribution < 1.29 is 21.6 Å². The second-order valence-electron chi connectivity index (χ2n) is 7.65. The molecule has 0 aliphatic rings. The molecule has 1 atom stereocenters. The van der Waals surface area contributed by atoms with Gasteiger partial charge < -0.3 is 4.57 Å². The zero-order valence-electron chi connectivity index (χ0n) is 18.0. The second-order valence-corrected chi connectivity index (χ2v) is 9.36. The van der Waals surface area contributed by atoms with Gasteiger partial charge in [0, 0.05) is 6.54 Å². The van der Waals surface area contributed by atoms with Crippen LogP contribution in [0.4, 0.5) is 13.2 Å². The molecule has 172 valence electrons. The van der Waals surface area contributed by atoms with Crippen LogP contribution in [0.15, 0.2) is 77.7 Å². The highest BCUT2D eigenvalue weighted by Gasteiger charge is 2.31. The van der Waals surface area contributed by atoms with Gasteiger partial charge in [-0.3, -0.25) is 0 Å². The van der Waals surface area contributed by atoms with E-state index in [0.717, 1.165) is 23.3 Å². The maximum absolute atomic E-state index is 13.1. The summed E-state index contributed by atoms with van der Waals surface area (Å²) in [6.45, 7) is 3.73. The Labute approximate surface area is 189 Å². The summed E-state index contributed by atoms with van der Waals surface area (Å²) in [6.07, 6.45) is -4.48. The molecule has 0 saturated heterocycles. The van der Waals surface area contributed by atoms with Crippen molar-refractivity contribution in [1.82, 2.24) is 14.3 Å². The first-order chi connectivity index (χ1) is 15.6. The number of imidazole rings is 1. The lowest BCUT2D eigenvalue weighted by atomic mass is 10.1. The SMILES string of the molecule is CCn1c(C(C)NS(=O)(=O)c2ccc(-c3ccccc3)cc2)nc2ccc(C(F)(F)F)cc21. The van der Waals surface area contributed by atoms with Gasteiger partial charge in [-0.2, -0.15) is 13.2 Å². The number of nitrogens with one attached hydrogen (secondary N) is 1. The maximum Gasteiger partial charge on any atom is 0.416 e. The highest BCUT2D eigenvalue weighted by Crippen LogP contribution is 2.32. The number of aromatic nitrogens is 2. The fourth-order valence-corrected chi connectivity index (χ4v) is 4.99. The predicted octanol–water partition coefficient (Wildman–Crippen LogP) is 5.78. The highest BCUT2D eigenvalue weighted by molar-refractivity contribution is 7.89. The average molecular weight is 474 g/mol. The van der Waals surface area contributed by atoms with E-state index in [1.165, 1.54) is 18.2 Å². The molecular weight excluding hydrogens is 451 g/mol. The summed E-state index contributed by atoms with van der Waals surface area (Å²) in [7, 11) is -3.88. The number of sulfonamides is 1. The average Bonchev–Trinajstić information content (AvgIpc) is 3.17. The zero-order valence-corrected chi connectivity index (χ0v) is 18.8. The number of halogens is 3. The van der Waals surface area contributed by atoms with Gasteiger partial charge in [0.25, 0.3) is 0 Å². The molecule has 3 aromatic carbocycles. The van der Waals surface area contributed by atoms with E-state index >= 15 is 0 Å². The van der Waals surface area contributed by atoms with Gasteiger partial charge in [0.1, 0.15) is 5.82 Å². The zero-order chi connectivity index (χ0) is 23.8. The van der Waals surface area contributed by atoms with Crippen molar-refractivity contribution in [2.45, 2.75) is 37.5 Å². The van der Waals surface area contributed by atoms with Crippen LogP contribution in [0.5, 0.6) is 0 Å². The number of nitrogens with zero attached hydrogens (tertiary/aromatic N) is 2. The largest absolute Gasteiger partial charge is 0.416 e. The normalized spacial score (nSPS) is 13.4. The Hall–Kier alpha value is -3.17. The fourth-order valence-electron chi connectivity index (χ4n) is 3.79. The Morgan fingerprint density at radius 3 is 2.21 bits per heavy atom. The van der Waals surface area contributed by atoms with Gasteiger partial charge in [-0.05, 0) is 55.3 Å². The summed E-state index contributed by atoms with van der Waals surface area (Å²) in [6, 6.07) is 18.6.